The molecule has 22 heavy (non-hydrogen) atoms. The van der Waals surface area contributed by atoms with Gasteiger partial charge < -0.3 is 10.6 Å². The van der Waals surface area contributed by atoms with Crippen LogP contribution in [0.2, 0.25) is 10.0 Å². The lowest BCUT2D eigenvalue weighted by atomic mass is 9.81. The van der Waals surface area contributed by atoms with Crippen molar-refractivity contribution in [3.05, 3.63) is 27.7 Å². The van der Waals surface area contributed by atoms with Crippen LogP contribution in [0.5, 0.6) is 0 Å². The summed E-state index contributed by atoms with van der Waals surface area (Å²) >= 11 is 12.6. The molecule has 1 aromatic carbocycles. The Bertz CT molecular complexity index is 553. The molecule has 0 bridgehead atoms. The molecule has 1 amide bonds. The van der Waals surface area contributed by atoms with Gasteiger partial charge in [0.2, 0.25) is 5.91 Å². The average molecular weight is 341 g/mol. The molecule has 0 radical (unpaired) electrons. The summed E-state index contributed by atoms with van der Waals surface area (Å²) in [6, 6.07) is 3.94. The molecule has 2 atom stereocenters. The van der Waals surface area contributed by atoms with E-state index >= 15 is 0 Å². The van der Waals surface area contributed by atoms with E-state index in [2.05, 4.69) is 4.90 Å². The van der Waals surface area contributed by atoms with E-state index in [1.54, 1.807) is 12.1 Å². The minimum Gasteiger partial charge on any atom is -0.399 e. The molecule has 0 spiro atoms. The van der Waals surface area contributed by atoms with E-state index in [0.29, 0.717) is 33.6 Å². The van der Waals surface area contributed by atoms with Gasteiger partial charge in [-0.1, -0.05) is 29.6 Å². The summed E-state index contributed by atoms with van der Waals surface area (Å²) in [5, 5.41) is 1.31. The van der Waals surface area contributed by atoms with Gasteiger partial charge in [-0.3, -0.25) is 4.79 Å². The van der Waals surface area contributed by atoms with E-state index in [1.165, 1.54) is 12.8 Å². The zero-order chi connectivity index (χ0) is 15.7. The molecule has 120 valence electrons. The van der Waals surface area contributed by atoms with Crippen LogP contribution in [0.15, 0.2) is 12.1 Å². The van der Waals surface area contributed by atoms with Crippen LogP contribution < -0.4 is 5.73 Å². The molecular weight excluding hydrogens is 319 g/mol. The number of rotatable bonds is 3. The van der Waals surface area contributed by atoms with Crippen LogP contribution in [0.25, 0.3) is 0 Å². The predicted molar refractivity (Wildman–Crippen MR) is 91.3 cm³/mol. The number of likely N-dealkylation sites (tertiary alicyclic amines) is 1. The summed E-state index contributed by atoms with van der Waals surface area (Å²) in [6.45, 7) is 0.930. The summed E-state index contributed by atoms with van der Waals surface area (Å²) in [5.41, 5.74) is 7.36. The molecule has 1 aromatic rings. The van der Waals surface area contributed by atoms with E-state index in [0.717, 1.165) is 44.2 Å². The zero-order valence-corrected chi connectivity index (χ0v) is 14.2. The molecular formula is C17H22Cl2N2O. The number of nitrogens with two attached hydrogens (primary N) is 1. The van der Waals surface area contributed by atoms with Gasteiger partial charge in [0.15, 0.2) is 0 Å². The van der Waals surface area contributed by atoms with Crippen molar-refractivity contribution in [1.82, 2.24) is 4.90 Å². The van der Waals surface area contributed by atoms with E-state index in [9.17, 15) is 4.79 Å². The Morgan fingerprint density at radius 1 is 1.18 bits per heavy atom. The minimum atomic E-state index is 0.328. The fraction of sp³-hybridized carbons (Fsp3) is 0.588. The topological polar surface area (TPSA) is 46.3 Å². The maximum atomic E-state index is 12.0. The van der Waals surface area contributed by atoms with Crippen molar-refractivity contribution in [2.45, 2.75) is 51.0 Å². The first kappa shape index (κ1) is 15.9. The summed E-state index contributed by atoms with van der Waals surface area (Å²) in [5.74, 6) is 0.861. The number of carbonyl (C=O) groups excluding carboxylic acids is 1. The van der Waals surface area contributed by atoms with Gasteiger partial charge in [0.25, 0.3) is 0 Å². The van der Waals surface area contributed by atoms with Crippen molar-refractivity contribution in [2.75, 3.05) is 12.3 Å². The van der Waals surface area contributed by atoms with Crippen LogP contribution >= 0.6 is 23.2 Å². The summed E-state index contributed by atoms with van der Waals surface area (Å²) in [7, 11) is 0. The lowest BCUT2D eigenvalue weighted by Gasteiger charge is -2.35. The molecule has 1 heterocycles. The second-order valence-corrected chi connectivity index (χ2v) is 7.36. The quantitative estimate of drug-likeness (QED) is 0.833. The van der Waals surface area contributed by atoms with Gasteiger partial charge in [-0.15, -0.1) is 0 Å². The van der Waals surface area contributed by atoms with Crippen molar-refractivity contribution in [3.63, 3.8) is 0 Å². The maximum absolute atomic E-state index is 12.0. The lowest BCUT2D eigenvalue weighted by Crippen LogP contribution is -2.39. The first-order valence-corrected chi connectivity index (χ1v) is 8.83. The van der Waals surface area contributed by atoms with Crippen LogP contribution in [0.3, 0.4) is 0 Å². The highest BCUT2D eigenvalue weighted by Crippen LogP contribution is 2.36. The summed E-state index contributed by atoms with van der Waals surface area (Å²) < 4.78 is 0. The molecule has 5 heteroatoms. The molecule has 3 rings (SSSR count). The molecule has 1 saturated heterocycles. The molecule has 1 saturated carbocycles. The Morgan fingerprint density at radius 2 is 1.91 bits per heavy atom. The van der Waals surface area contributed by atoms with Gasteiger partial charge in [-0.2, -0.15) is 0 Å². The number of carbonyl (C=O) groups is 1. The fourth-order valence-electron chi connectivity index (χ4n) is 3.89. The van der Waals surface area contributed by atoms with Crippen LogP contribution in [-0.4, -0.2) is 23.4 Å². The van der Waals surface area contributed by atoms with Crippen LogP contribution in [0.4, 0.5) is 5.69 Å². The first-order chi connectivity index (χ1) is 10.5. The molecule has 1 aliphatic carbocycles. The monoisotopic (exact) mass is 340 g/mol. The molecule has 2 unspecified atom stereocenters. The van der Waals surface area contributed by atoms with Crippen molar-refractivity contribution in [2.24, 2.45) is 5.92 Å². The Kier molecular flexibility index (Phi) is 4.84. The SMILES string of the molecule is Nc1cc(Cl)c(CC2CCCC(N3CCCC3=O)C2)c(Cl)c1. The van der Waals surface area contributed by atoms with Gasteiger partial charge in [-0.25, -0.2) is 0 Å². The minimum absolute atomic E-state index is 0.328. The largest absolute Gasteiger partial charge is 0.399 e. The van der Waals surface area contributed by atoms with Crippen molar-refractivity contribution < 1.29 is 4.79 Å². The highest BCUT2D eigenvalue weighted by molar-refractivity contribution is 6.36. The average Bonchev–Trinajstić information content (AvgIpc) is 2.89. The Labute approximate surface area is 141 Å². The second kappa shape index (κ2) is 6.67. The third-order valence-corrected chi connectivity index (χ3v) is 5.64. The lowest BCUT2D eigenvalue weighted by molar-refractivity contribution is -0.130. The van der Waals surface area contributed by atoms with Crippen LogP contribution in [0, 0.1) is 5.92 Å². The van der Waals surface area contributed by atoms with Crippen molar-refractivity contribution in [1.29, 1.82) is 0 Å². The third kappa shape index (κ3) is 3.36. The number of benzene rings is 1. The number of anilines is 1. The smallest absolute Gasteiger partial charge is 0.222 e. The van der Waals surface area contributed by atoms with Crippen molar-refractivity contribution >= 4 is 34.8 Å². The van der Waals surface area contributed by atoms with Crippen molar-refractivity contribution in [3.8, 4) is 0 Å². The highest BCUT2D eigenvalue weighted by atomic mass is 35.5. The first-order valence-electron chi connectivity index (χ1n) is 8.07. The second-order valence-electron chi connectivity index (χ2n) is 6.54. The summed E-state index contributed by atoms with van der Waals surface area (Å²) in [6.07, 6.45) is 7.13. The fourth-order valence-corrected chi connectivity index (χ4v) is 4.55. The molecule has 2 N–H and O–H groups in total. The summed E-state index contributed by atoms with van der Waals surface area (Å²) in [4.78, 5) is 14.0. The van der Waals surface area contributed by atoms with Crippen LogP contribution in [-0.2, 0) is 11.2 Å². The van der Waals surface area contributed by atoms with E-state index < -0.39 is 0 Å². The molecule has 3 nitrogen and oxygen atoms in total. The number of nitrogens with zero attached hydrogens (tertiary/aromatic N) is 1. The number of nitrogen functional groups attached to an aromatic ring is 1. The van der Waals surface area contributed by atoms with Gasteiger partial charge in [0, 0.05) is 34.7 Å². The predicted octanol–water partition coefficient (Wildman–Crippen LogP) is 4.30. The molecule has 0 aromatic heterocycles. The molecule has 1 aliphatic heterocycles. The van der Waals surface area contributed by atoms with Gasteiger partial charge in [0.1, 0.15) is 0 Å². The maximum Gasteiger partial charge on any atom is 0.222 e. The van der Waals surface area contributed by atoms with Gasteiger partial charge >= 0.3 is 0 Å². The molecule has 2 aliphatic rings. The zero-order valence-electron chi connectivity index (χ0n) is 12.7. The van der Waals surface area contributed by atoms with E-state index in [1.807, 2.05) is 0 Å². The number of hydrogen-bond donors (Lipinski definition) is 1. The number of amides is 1. The number of hydrogen-bond acceptors (Lipinski definition) is 2. The highest BCUT2D eigenvalue weighted by Gasteiger charge is 2.32. The molecule has 2 fully saturated rings. The Hall–Kier alpha value is -0.930. The van der Waals surface area contributed by atoms with Gasteiger partial charge in [0.05, 0.1) is 0 Å². The van der Waals surface area contributed by atoms with E-state index in [-0.39, 0.29) is 0 Å². The van der Waals surface area contributed by atoms with Gasteiger partial charge in [-0.05, 0) is 55.7 Å². The van der Waals surface area contributed by atoms with E-state index in [4.69, 9.17) is 28.9 Å². The normalized spacial score (nSPS) is 25.7. The standard InChI is InChI=1S/C17H22Cl2N2O/c18-15-9-12(20)10-16(19)14(15)8-11-3-1-4-13(7-11)21-6-2-5-17(21)22/h9-11,13H,1-8,20H2. The number of halogens is 2. The third-order valence-electron chi connectivity index (χ3n) is 4.96. The Morgan fingerprint density at radius 3 is 2.55 bits per heavy atom. The van der Waals surface area contributed by atoms with Crippen LogP contribution in [0.1, 0.15) is 44.1 Å². The Balaban J connectivity index is 1.69.